The molecular weight excluding hydrogens is 990 g/mol. The molecule has 2 atom stereocenters. The second-order valence-corrected chi connectivity index (χ2v) is 21.3. The van der Waals surface area contributed by atoms with Gasteiger partial charge in [-0.3, -0.25) is 14.2 Å². The summed E-state index contributed by atoms with van der Waals surface area (Å²) in [6, 6.07) is 0. The normalized spacial score (nSPS) is 14.6. The van der Waals surface area contributed by atoms with Gasteiger partial charge < -0.3 is 27.9 Å². The second-order valence-electron chi connectivity index (χ2n) is 19.9. The summed E-state index contributed by atoms with van der Waals surface area (Å²) in [6.07, 6.45) is 88.1. The predicted octanol–water partition coefficient (Wildman–Crippen LogP) is 18.2. The van der Waals surface area contributed by atoms with Crippen molar-refractivity contribution in [3.05, 3.63) is 182 Å². The smallest absolute Gasteiger partial charge is 0.306 e. The molecular formula is C68H106NO8P. The molecule has 2 unspecified atom stereocenters. The highest BCUT2D eigenvalue weighted by Gasteiger charge is 2.21. The molecule has 10 heteroatoms. The third-order valence-corrected chi connectivity index (χ3v) is 12.4. The second kappa shape index (κ2) is 56.8. The van der Waals surface area contributed by atoms with Gasteiger partial charge in [-0.1, -0.05) is 215 Å². The van der Waals surface area contributed by atoms with Gasteiger partial charge in [-0.25, -0.2) is 0 Å². The molecule has 0 rings (SSSR count). The lowest BCUT2D eigenvalue weighted by atomic mass is 10.1. The van der Waals surface area contributed by atoms with Crippen molar-refractivity contribution in [3.8, 4) is 0 Å². The number of carbonyl (C=O) groups excluding carboxylic acids is 2. The number of carbonyl (C=O) groups is 2. The van der Waals surface area contributed by atoms with Crippen LogP contribution in [0.15, 0.2) is 182 Å². The number of hydrogen-bond acceptors (Lipinski definition) is 8. The van der Waals surface area contributed by atoms with Crippen LogP contribution in [-0.2, 0) is 32.7 Å². The molecule has 0 saturated heterocycles. The molecule has 78 heavy (non-hydrogen) atoms. The Kier molecular flexibility index (Phi) is 53.3. The van der Waals surface area contributed by atoms with E-state index in [-0.39, 0.29) is 26.1 Å². The molecule has 0 radical (unpaired) electrons. The third kappa shape index (κ3) is 60.3. The molecule has 0 aromatic carbocycles. The van der Waals surface area contributed by atoms with E-state index in [0.717, 1.165) is 141 Å². The SMILES string of the molecule is CC/C=C\C/C=C\C/C=C\C/C=C\C/C=C\C/C=C\C/C=C\C/C=C\C/C=C\C/C=C\C/C=C\CCCCCCCC(=O)OC(COC(=O)CCCC/C=C\C/C=C\C/C=C\C/C=C\CC)COP(=O)([O-])OCC[N+](C)(C)C. The first kappa shape index (κ1) is 73.1. The van der Waals surface area contributed by atoms with Crippen LogP contribution in [0.5, 0.6) is 0 Å². The molecule has 0 N–H and O–H groups in total. The van der Waals surface area contributed by atoms with Crippen molar-refractivity contribution in [2.75, 3.05) is 47.5 Å². The zero-order valence-electron chi connectivity index (χ0n) is 49.3. The minimum Gasteiger partial charge on any atom is -0.756 e. The molecule has 0 amide bonds. The maximum atomic E-state index is 12.8. The number of likely N-dealkylation sites (N-methyl/N-ethyl adjacent to an activating group) is 1. The maximum Gasteiger partial charge on any atom is 0.306 e. The zero-order chi connectivity index (χ0) is 57.0. The lowest BCUT2D eigenvalue weighted by Crippen LogP contribution is -2.37. The van der Waals surface area contributed by atoms with Crippen LogP contribution >= 0.6 is 7.82 Å². The molecule has 0 fully saturated rings. The van der Waals surface area contributed by atoms with E-state index in [4.69, 9.17) is 18.5 Å². The Hall–Kier alpha value is -4.89. The average Bonchev–Trinajstić information content (AvgIpc) is 3.41. The third-order valence-electron chi connectivity index (χ3n) is 11.4. The van der Waals surface area contributed by atoms with Gasteiger partial charge in [-0.15, -0.1) is 0 Å². The fraction of sp³-hybridized carbons (Fsp3) is 0.529. The van der Waals surface area contributed by atoms with Crippen LogP contribution in [0.3, 0.4) is 0 Å². The first-order valence-electron chi connectivity index (χ1n) is 29.5. The molecule has 436 valence electrons. The van der Waals surface area contributed by atoms with Crippen molar-refractivity contribution < 1.29 is 42.1 Å². The highest BCUT2D eigenvalue weighted by Crippen LogP contribution is 2.38. The topological polar surface area (TPSA) is 111 Å². The molecule has 0 aromatic rings. The Morgan fingerprint density at radius 1 is 0.397 bits per heavy atom. The van der Waals surface area contributed by atoms with Crippen LogP contribution < -0.4 is 4.89 Å². The summed E-state index contributed by atoms with van der Waals surface area (Å²) >= 11 is 0. The number of unbranched alkanes of at least 4 members (excludes halogenated alkanes) is 7. The number of ether oxygens (including phenoxy) is 2. The number of hydrogen-bond donors (Lipinski definition) is 0. The Bertz CT molecular complexity index is 1970. The lowest BCUT2D eigenvalue weighted by Gasteiger charge is -2.28. The van der Waals surface area contributed by atoms with E-state index in [1.807, 2.05) is 21.1 Å². The van der Waals surface area contributed by atoms with Gasteiger partial charge in [0.15, 0.2) is 6.10 Å². The van der Waals surface area contributed by atoms with E-state index >= 15 is 0 Å². The number of nitrogens with zero attached hydrogens (tertiary/aromatic N) is 1. The van der Waals surface area contributed by atoms with Crippen molar-refractivity contribution >= 4 is 19.8 Å². The highest BCUT2D eigenvalue weighted by molar-refractivity contribution is 7.45. The van der Waals surface area contributed by atoms with Crippen molar-refractivity contribution in [3.63, 3.8) is 0 Å². The molecule has 0 saturated carbocycles. The Balaban J connectivity index is 4.24. The van der Waals surface area contributed by atoms with Gasteiger partial charge in [0.25, 0.3) is 7.82 Å². The summed E-state index contributed by atoms with van der Waals surface area (Å²) in [5.41, 5.74) is 0. The largest absolute Gasteiger partial charge is 0.756 e. The van der Waals surface area contributed by atoms with Gasteiger partial charge in [-0.05, 0) is 135 Å². The minimum atomic E-state index is -4.66. The van der Waals surface area contributed by atoms with E-state index in [1.54, 1.807) is 0 Å². The fourth-order valence-electron chi connectivity index (χ4n) is 6.94. The summed E-state index contributed by atoms with van der Waals surface area (Å²) in [5, 5.41) is 0. The van der Waals surface area contributed by atoms with Crippen molar-refractivity contribution in [2.24, 2.45) is 0 Å². The molecule has 0 bridgehead atoms. The van der Waals surface area contributed by atoms with Gasteiger partial charge in [0.2, 0.25) is 0 Å². The summed E-state index contributed by atoms with van der Waals surface area (Å²) in [5.74, 6) is -0.923. The average molecular weight is 1100 g/mol. The van der Waals surface area contributed by atoms with Gasteiger partial charge in [-0.2, -0.15) is 0 Å². The number of rotatable bonds is 51. The van der Waals surface area contributed by atoms with E-state index in [0.29, 0.717) is 23.9 Å². The van der Waals surface area contributed by atoms with E-state index in [9.17, 15) is 19.0 Å². The number of quaternary nitrogens is 1. The molecule has 0 aliphatic rings. The van der Waals surface area contributed by atoms with Gasteiger partial charge >= 0.3 is 11.9 Å². The summed E-state index contributed by atoms with van der Waals surface area (Å²) < 4.78 is 34.0. The van der Waals surface area contributed by atoms with Crippen LogP contribution in [0.4, 0.5) is 0 Å². The van der Waals surface area contributed by atoms with Crippen LogP contribution in [-0.4, -0.2) is 70.0 Å². The van der Waals surface area contributed by atoms with Crippen molar-refractivity contribution in [1.29, 1.82) is 0 Å². The van der Waals surface area contributed by atoms with Crippen LogP contribution in [0.2, 0.25) is 0 Å². The van der Waals surface area contributed by atoms with E-state index in [2.05, 4.69) is 196 Å². The van der Waals surface area contributed by atoms with Crippen molar-refractivity contribution in [1.82, 2.24) is 0 Å². The molecule has 0 heterocycles. The summed E-state index contributed by atoms with van der Waals surface area (Å²) in [4.78, 5) is 37.8. The Morgan fingerprint density at radius 2 is 0.692 bits per heavy atom. The fourth-order valence-corrected chi connectivity index (χ4v) is 7.67. The summed E-state index contributed by atoms with van der Waals surface area (Å²) in [6.45, 7) is 3.89. The monoisotopic (exact) mass is 1100 g/mol. The van der Waals surface area contributed by atoms with Gasteiger partial charge in [0, 0.05) is 12.8 Å². The Morgan fingerprint density at radius 3 is 1.05 bits per heavy atom. The van der Waals surface area contributed by atoms with Gasteiger partial charge in [0.05, 0.1) is 27.7 Å². The van der Waals surface area contributed by atoms with Crippen LogP contribution in [0, 0.1) is 0 Å². The van der Waals surface area contributed by atoms with E-state index in [1.165, 1.54) is 0 Å². The molecule has 0 spiro atoms. The zero-order valence-corrected chi connectivity index (χ0v) is 50.2. The minimum absolute atomic E-state index is 0.0525. The van der Waals surface area contributed by atoms with Crippen LogP contribution in [0.1, 0.15) is 181 Å². The van der Waals surface area contributed by atoms with Crippen LogP contribution in [0.25, 0.3) is 0 Å². The number of phosphoric acid groups is 1. The molecule has 9 nitrogen and oxygen atoms in total. The lowest BCUT2D eigenvalue weighted by molar-refractivity contribution is -0.870. The molecule has 0 aliphatic heterocycles. The molecule has 0 aromatic heterocycles. The Labute approximate surface area is 476 Å². The number of phosphoric ester groups is 1. The van der Waals surface area contributed by atoms with E-state index < -0.39 is 32.5 Å². The maximum absolute atomic E-state index is 12.8. The highest BCUT2D eigenvalue weighted by atomic mass is 31.2. The first-order chi connectivity index (χ1) is 38.0. The summed E-state index contributed by atoms with van der Waals surface area (Å²) in [7, 11) is 1.10. The van der Waals surface area contributed by atoms with Gasteiger partial charge in [0.1, 0.15) is 19.8 Å². The predicted molar refractivity (Wildman–Crippen MR) is 332 cm³/mol. The first-order valence-corrected chi connectivity index (χ1v) is 31.0. The van der Waals surface area contributed by atoms with Crippen molar-refractivity contribution in [2.45, 2.75) is 187 Å². The quantitative estimate of drug-likeness (QED) is 0.0195. The number of allylic oxidation sites excluding steroid dienone is 30. The number of esters is 2. The standard InChI is InChI=1S/C68H106NO8P/c1-6-8-10-12-14-16-18-20-22-23-24-25-26-27-28-29-30-31-32-33-34-35-36-37-38-39-40-41-42-43-44-45-47-49-51-53-55-57-59-61-68(71)77-66(65-76-78(72,73)75-63-62-69(3,4)5)64-74-67(70)60-58-56-54-52-50-48-46-21-19-17-15-13-11-9-7-2/h8-11,14-17,20-22,24-25,27-28,30-31,33-34,36-37,39-40,42-43,45-47,50,52,66H,6-7,12-13,18-19,23,26,29,32,35,38,41,44,48-49,51,53-65H2,1-5H3/b10-8-,11-9-,16-14-,17-15-,22-20-,25-24-,28-27-,31-30-,34-33-,37-36-,40-39-,43-42-,46-21-,47-45-,52-50-. The molecule has 0 aliphatic carbocycles.